The summed E-state index contributed by atoms with van der Waals surface area (Å²) < 4.78 is 0. The molecule has 0 aliphatic carbocycles. The molecular formula is C13H28OSi3. The Morgan fingerprint density at radius 2 is 1.53 bits per heavy atom. The Hall–Kier alpha value is -0.169. The van der Waals surface area contributed by atoms with Crippen molar-refractivity contribution in [3.8, 4) is 0 Å². The van der Waals surface area contributed by atoms with Crippen LogP contribution in [0.15, 0.2) is 36.8 Å². The molecule has 17 heavy (non-hydrogen) atoms. The summed E-state index contributed by atoms with van der Waals surface area (Å²) in [5.41, 5.74) is 6.29. The van der Waals surface area contributed by atoms with Crippen molar-refractivity contribution >= 4 is 25.7 Å². The average Bonchev–Trinajstić information content (AvgIpc) is 2.32. The van der Waals surface area contributed by atoms with Gasteiger partial charge in [0.05, 0.1) is 9.52 Å². The van der Waals surface area contributed by atoms with E-state index in [9.17, 15) is 0 Å². The van der Waals surface area contributed by atoms with Gasteiger partial charge in [0.25, 0.3) is 0 Å². The number of aliphatic hydroxyl groups is 1. The minimum Gasteiger partial charge on any atom is -0.400 e. The molecule has 4 heteroatoms. The zero-order chi connectivity index (χ0) is 13.4. The van der Waals surface area contributed by atoms with Crippen molar-refractivity contribution in [3.05, 3.63) is 36.8 Å². The van der Waals surface area contributed by atoms with Gasteiger partial charge in [-0.2, -0.15) is 0 Å². The van der Waals surface area contributed by atoms with Crippen molar-refractivity contribution in [2.75, 3.05) is 6.23 Å². The van der Waals surface area contributed by atoms with E-state index in [0.717, 1.165) is 0 Å². The molecule has 0 saturated heterocycles. The molecule has 0 fully saturated rings. The van der Waals surface area contributed by atoms with Gasteiger partial charge in [0.2, 0.25) is 0 Å². The highest BCUT2D eigenvalue weighted by Gasteiger charge is 2.27. The van der Waals surface area contributed by atoms with Gasteiger partial charge in [-0.1, -0.05) is 48.3 Å². The highest BCUT2D eigenvalue weighted by Crippen LogP contribution is 2.26. The molecule has 0 radical (unpaired) electrons. The topological polar surface area (TPSA) is 20.2 Å². The molecule has 0 aromatic heterocycles. The molecule has 0 aromatic rings. The first-order chi connectivity index (χ1) is 7.95. The highest BCUT2D eigenvalue weighted by atomic mass is 28.3. The minimum atomic E-state index is -1.59. The van der Waals surface area contributed by atoms with E-state index in [0.29, 0.717) is 6.23 Å². The molecule has 0 heterocycles. The second kappa shape index (κ2) is 8.02. The van der Waals surface area contributed by atoms with Crippen LogP contribution in [-0.2, 0) is 0 Å². The van der Waals surface area contributed by atoms with E-state index in [1.807, 2.05) is 0 Å². The maximum Gasteiger partial charge on any atom is 0.124 e. The molecular weight excluding hydrogens is 256 g/mol. The third kappa shape index (κ3) is 6.35. The van der Waals surface area contributed by atoms with Gasteiger partial charge in [0, 0.05) is 14.3 Å². The van der Waals surface area contributed by atoms with Crippen LogP contribution in [0.3, 0.4) is 0 Å². The third-order valence-electron chi connectivity index (χ3n) is 3.64. The van der Waals surface area contributed by atoms with Crippen LogP contribution in [0.25, 0.3) is 0 Å². The van der Waals surface area contributed by atoms with Gasteiger partial charge in [-0.3, -0.25) is 0 Å². The Labute approximate surface area is 111 Å². The smallest absolute Gasteiger partial charge is 0.124 e. The fraction of sp³-hybridized carbons (Fsp3) is 0.538. The molecule has 0 amide bonds. The van der Waals surface area contributed by atoms with E-state index in [1.54, 1.807) is 0 Å². The standard InChI is InChI=1S/C13H28OSi3/c1-6-17(7-2,8-3)12-11-16(4,5)10-9-15-13-14/h6-8,14H,1-3,9-13,15H2,4-5H3. The molecule has 98 valence electrons. The van der Waals surface area contributed by atoms with E-state index in [1.165, 1.54) is 24.2 Å². The van der Waals surface area contributed by atoms with Gasteiger partial charge in [-0.05, 0) is 6.04 Å². The van der Waals surface area contributed by atoms with Crippen molar-refractivity contribution in [3.63, 3.8) is 0 Å². The lowest BCUT2D eigenvalue weighted by Gasteiger charge is -2.27. The lowest BCUT2D eigenvalue weighted by molar-refractivity contribution is 0.365. The van der Waals surface area contributed by atoms with E-state index >= 15 is 0 Å². The van der Waals surface area contributed by atoms with Crippen LogP contribution in [0.5, 0.6) is 0 Å². The summed E-state index contributed by atoms with van der Waals surface area (Å²) in [5, 5.41) is 8.88. The van der Waals surface area contributed by atoms with Crippen LogP contribution in [0, 0.1) is 0 Å². The van der Waals surface area contributed by atoms with Crippen molar-refractivity contribution in [1.82, 2.24) is 0 Å². The second-order valence-electron chi connectivity index (χ2n) is 5.57. The van der Waals surface area contributed by atoms with Crippen molar-refractivity contribution in [2.24, 2.45) is 0 Å². The summed E-state index contributed by atoms with van der Waals surface area (Å²) in [4.78, 5) is 0. The summed E-state index contributed by atoms with van der Waals surface area (Å²) in [7, 11) is -2.85. The molecule has 0 saturated carbocycles. The summed E-state index contributed by atoms with van der Waals surface area (Å²) >= 11 is 0. The molecule has 0 atom stereocenters. The Morgan fingerprint density at radius 3 is 1.94 bits per heavy atom. The van der Waals surface area contributed by atoms with Crippen molar-refractivity contribution in [2.45, 2.75) is 37.3 Å². The Kier molecular flexibility index (Phi) is 7.94. The molecule has 0 bridgehead atoms. The van der Waals surface area contributed by atoms with Gasteiger partial charge >= 0.3 is 0 Å². The number of hydrogen-bond donors (Lipinski definition) is 1. The third-order valence-corrected chi connectivity index (χ3v) is 12.7. The van der Waals surface area contributed by atoms with Gasteiger partial charge in [0.1, 0.15) is 8.07 Å². The SMILES string of the molecule is C=C[Si](C=C)(C=C)CC[Si](C)(C)CC[SiH2]CO. The fourth-order valence-corrected chi connectivity index (χ4v) is 12.8. The first-order valence-corrected chi connectivity index (χ1v) is 14.3. The van der Waals surface area contributed by atoms with Crippen molar-refractivity contribution in [1.29, 1.82) is 0 Å². The average molecular weight is 285 g/mol. The number of hydrogen-bond acceptors (Lipinski definition) is 1. The normalized spacial score (nSPS) is 12.9. The summed E-state index contributed by atoms with van der Waals surface area (Å²) in [5.74, 6) is 0. The van der Waals surface area contributed by atoms with Gasteiger partial charge in [0.15, 0.2) is 0 Å². The van der Waals surface area contributed by atoms with E-state index in [4.69, 9.17) is 5.11 Å². The lowest BCUT2D eigenvalue weighted by atomic mass is 10.9. The van der Waals surface area contributed by atoms with E-state index in [-0.39, 0.29) is 9.52 Å². The maximum absolute atomic E-state index is 8.88. The molecule has 0 aliphatic rings. The Balaban J connectivity index is 4.27. The summed E-state index contributed by atoms with van der Waals surface area (Å²) in [6.45, 7) is 16.8. The Morgan fingerprint density at radius 1 is 1.00 bits per heavy atom. The van der Waals surface area contributed by atoms with E-state index < -0.39 is 16.1 Å². The zero-order valence-electron chi connectivity index (χ0n) is 11.5. The lowest BCUT2D eigenvalue weighted by Crippen LogP contribution is -2.33. The largest absolute Gasteiger partial charge is 0.400 e. The molecule has 0 aromatic carbocycles. The predicted octanol–water partition coefficient (Wildman–Crippen LogP) is 2.86. The summed E-state index contributed by atoms with van der Waals surface area (Å²) in [6, 6.07) is 5.24. The van der Waals surface area contributed by atoms with Gasteiger partial charge < -0.3 is 5.11 Å². The van der Waals surface area contributed by atoms with Gasteiger partial charge in [-0.25, -0.2) is 0 Å². The molecule has 0 spiro atoms. The highest BCUT2D eigenvalue weighted by molar-refractivity contribution is 6.94. The second-order valence-corrected chi connectivity index (χ2v) is 16.7. The van der Waals surface area contributed by atoms with Crippen LogP contribution in [0.2, 0.25) is 37.3 Å². The van der Waals surface area contributed by atoms with Crippen LogP contribution in [0.1, 0.15) is 0 Å². The molecule has 1 N–H and O–H groups in total. The molecule has 0 rings (SSSR count). The number of rotatable bonds is 10. The quantitative estimate of drug-likeness (QED) is 0.483. The monoisotopic (exact) mass is 284 g/mol. The van der Waals surface area contributed by atoms with E-state index in [2.05, 4.69) is 49.9 Å². The van der Waals surface area contributed by atoms with Crippen LogP contribution in [0.4, 0.5) is 0 Å². The van der Waals surface area contributed by atoms with Crippen molar-refractivity contribution < 1.29 is 5.11 Å². The zero-order valence-corrected chi connectivity index (χ0v) is 15.0. The van der Waals surface area contributed by atoms with Crippen LogP contribution in [-0.4, -0.2) is 37.0 Å². The van der Waals surface area contributed by atoms with Crippen LogP contribution < -0.4 is 0 Å². The van der Waals surface area contributed by atoms with Crippen LogP contribution >= 0.6 is 0 Å². The van der Waals surface area contributed by atoms with Gasteiger partial charge in [-0.15, -0.1) is 19.7 Å². The predicted molar refractivity (Wildman–Crippen MR) is 88.7 cm³/mol. The number of aliphatic hydroxyl groups excluding tert-OH is 1. The molecule has 0 unspecified atom stereocenters. The fourth-order valence-electron chi connectivity index (χ4n) is 1.95. The first-order valence-electron chi connectivity index (χ1n) is 6.47. The molecule has 0 aliphatic heterocycles. The summed E-state index contributed by atoms with van der Waals surface area (Å²) in [6.07, 6.45) is 0.467. The maximum atomic E-state index is 8.88. The molecule has 1 nitrogen and oxygen atoms in total. The first kappa shape index (κ1) is 16.8. The minimum absolute atomic E-state index is 0.184. The Bertz CT molecular complexity index is 240.